The Bertz CT molecular complexity index is 1080. The number of hydrogen-bond donors (Lipinski definition) is 2. The fourth-order valence-electron chi connectivity index (χ4n) is 2.64. The summed E-state index contributed by atoms with van der Waals surface area (Å²) in [6, 6.07) is 8.16. The van der Waals surface area contributed by atoms with Crippen molar-refractivity contribution in [3.05, 3.63) is 59.4 Å². The van der Waals surface area contributed by atoms with Crippen LogP contribution in [-0.2, 0) is 0 Å². The largest absolute Gasteiger partial charge is 0.469 e. The highest BCUT2D eigenvalue weighted by atomic mass is 19.1. The molecule has 3 aromatic rings. The summed E-state index contributed by atoms with van der Waals surface area (Å²) in [5.74, 6) is 5.28. The number of aromatic nitrogens is 3. The van der Waals surface area contributed by atoms with Gasteiger partial charge in [0.05, 0.1) is 23.8 Å². The maximum atomic E-state index is 13.1. The number of nitrogens with two attached hydrogens (primary N) is 1. The van der Waals surface area contributed by atoms with Gasteiger partial charge in [-0.3, -0.25) is 9.38 Å². The average molecular weight is 365 g/mol. The fourth-order valence-corrected chi connectivity index (χ4v) is 2.64. The van der Waals surface area contributed by atoms with Crippen LogP contribution in [0, 0.1) is 22.6 Å². The highest BCUT2D eigenvalue weighted by Crippen LogP contribution is 2.25. The van der Waals surface area contributed by atoms with Crippen LogP contribution < -0.4 is 10.6 Å². The van der Waals surface area contributed by atoms with Crippen molar-refractivity contribution in [1.82, 2.24) is 14.4 Å². The Hall–Kier alpha value is -3.80. The van der Waals surface area contributed by atoms with Crippen LogP contribution in [0.15, 0.2) is 41.8 Å². The third-order valence-electron chi connectivity index (χ3n) is 3.91. The van der Waals surface area contributed by atoms with Crippen LogP contribution in [0.3, 0.4) is 0 Å². The predicted molar refractivity (Wildman–Crippen MR) is 97.3 cm³/mol. The molecule has 0 radical (unpaired) electrons. The minimum Gasteiger partial charge on any atom is -0.469 e. The average Bonchev–Trinajstić information content (AvgIpc) is 3.06. The number of nitriles is 1. The summed E-state index contributed by atoms with van der Waals surface area (Å²) < 4.78 is 20.6. The van der Waals surface area contributed by atoms with E-state index >= 15 is 0 Å². The molecule has 0 spiro atoms. The molecule has 0 aliphatic heterocycles. The van der Waals surface area contributed by atoms with E-state index in [1.54, 1.807) is 26.0 Å². The molecular weight excluding hydrogens is 349 g/mol. The van der Waals surface area contributed by atoms with Crippen molar-refractivity contribution in [2.75, 3.05) is 0 Å². The minimum absolute atomic E-state index is 0.174. The van der Waals surface area contributed by atoms with E-state index in [9.17, 15) is 9.65 Å². The lowest BCUT2D eigenvalue weighted by atomic mass is 10.1. The molecule has 0 aliphatic rings. The van der Waals surface area contributed by atoms with Crippen LogP contribution in [0.4, 0.5) is 4.39 Å². The van der Waals surface area contributed by atoms with Gasteiger partial charge >= 0.3 is 0 Å². The molecule has 0 aromatic carbocycles. The Kier molecular flexibility index (Phi) is 4.81. The predicted octanol–water partition coefficient (Wildman–Crippen LogP) is 2.58. The van der Waals surface area contributed by atoms with Crippen LogP contribution in [0.2, 0.25) is 0 Å². The Balaban J connectivity index is 2.11. The fraction of sp³-hybridized carbons (Fsp3) is 0.167. The van der Waals surface area contributed by atoms with Gasteiger partial charge in [0, 0.05) is 11.6 Å². The van der Waals surface area contributed by atoms with E-state index in [2.05, 4.69) is 21.1 Å². The summed E-state index contributed by atoms with van der Waals surface area (Å²) in [4.78, 5) is 8.23. The molecule has 0 fully saturated rings. The molecule has 3 rings (SSSR count). The quantitative estimate of drug-likeness (QED) is 0.408. The molecule has 27 heavy (non-hydrogen) atoms. The number of ether oxygens (including phenoxy) is 1. The van der Waals surface area contributed by atoms with Gasteiger partial charge in [0.15, 0.2) is 0 Å². The van der Waals surface area contributed by atoms with Crippen molar-refractivity contribution in [3.63, 3.8) is 0 Å². The molecule has 0 saturated heterocycles. The maximum absolute atomic E-state index is 13.1. The van der Waals surface area contributed by atoms with Crippen molar-refractivity contribution >= 4 is 17.1 Å². The Morgan fingerprint density at radius 2 is 2.15 bits per heavy atom. The first-order valence-corrected chi connectivity index (χ1v) is 7.98. The smallest absolute Gasteiger partial charge is 0.201 e. The topological polar surface area (TPSA) is 125 Å². The number of fused-ring (bicyclic) bond motifs is 1. The summed E-state index contributed by atoms with van der Waals surface area (Å²) >= 11 is 0. The van der Waals surface area contributed by atoms with Gasteiger partial charge in [-0.25, -0.2) is 9.37 Å². The summed E-state index contributed by atoms with van der Waals surface area (Å²) in [5.41, 5.74) is 2.22. The van der Waals surface area contributed by atoms with Gasteiger partial charge in [-0.05, 0) is 32.0 Å². The van der Waals surface area contributed by atoms with E-state index in [4.69, 9.17) is 16.0 Å². The van der Waals surface area contributed by atoms with E-state index < -0.39 is 11.9 Å². The summed E-state index contributed by atoms with van der Waals surface area (Å²) in [7, 11) is 0. The number of pyridine rings is 2. The normalized spacial score (nSPS) is 12.6. The van der Waals surface area contributed by atoms with E-state index in [0.29, 0.717) is 22.8 Å². The number of nitrogens with one attached hydrogen (secondary N) is 1. The van der Waals surface area contributed by atoms with Crippen LogP contribution in [0.25, 0.3) is 5.65 Å². The standard InChI is InChI=1S/C18H16FN7O/c1-10(21)18(25-22)12-5-16-24-9-14(7-20)26(16)17(6-12)27-11(2)15-4-3-13(19)8-23-15/h3-6,8-9,11,21H,22H2,1-2H3/b21-10?,25-18+. The highest BCUT2D eigenvalue weighted by Gasteiger charge is 2.18. The minimum atomic E-state index is -0.530. The van der Waals surface area contributed by atoms with Gasteiger partial charge < -0.3 is 16.0 Å². The molecule has 3 aromatic heterocycles. The summed E-state index contributed by atoms with van der Waals surface area (Å²) in [6.45, 7) is 3.31. The van der Waals surface area contributed by atoms with Crippen LogP contribution in [0.5, 0.6) is 5.88 Å². The van der Waals surface area contributed by atoms with Crippen LogP contribution >= 0.6 is 0 Å². The van der Waals surface area contributed by atoms with Crippen molar-refractivity contribution in [3.8, 4) is 11.9 Å². The summed E-state index contributed by atoms with van der Waals surface area (Å²) in [6.07, 6.45) is 2.00. The molecule has 0 amide bonds. The summed E-state index contributed by atoms with van der Waals surface area (Å²) in [5, 5.41) is 20.8. The molecule has 8 nitrogen and oxygen atoms in total. The zero-order valence-electron chi connectivity index (χ0n) is 14.6. The molecule has 136 valence electrons. The van der Waals surface area contributed by atoms with Crippen LogP contribution in [-0.4, -0.2) is 25.8 Å². The van der Waals surface area contributed by atoms with Gasteiger partial charge in [0.2, 0.25) is 5.88 Å². The van der Waals surface area contributed by atoms with E-state index in [0.717, 1.165) is 6.20 Å². The van der Waals surface area contributed by atoms with Crippen molar-refractivity contribution in [1.29, 1.82) is 10.7 Å². The van der Waals surface area contributed by atoms with E-state index in [1.807, 2.05) is 0 Å². The molecule has 0 saturated carbocycles. The van der Waals surface area contributed by atoms with Gasteiger partial charge in [-0.15, -0.1) is 0 Å². The van der Waals surface area contributed by atoms with E-state index in [-0.39, 0.29) is 17.1 Å². The lowest BCUT2D eigenvalue weighted by Crippen LogP contribution is -2.15. The first-order valence-electron chi connectivity index (χ1n) is 7.98. The molecule has 0 aliphatic carbocycles. The lowest BCUT2D eigenvalue weighted by Gasteiger charge is -2.17. The molecule has 1 atom stereocenters. The molecule has 9 heteroatoms. The number of hydrazone groups is 1. The van der Waals surface area contributed by atoms with Gasteiger partial charge in [0.25, 0.3) is 0 Å². The lowest BCUT2D eigenvalue weighted by molar-refractivity contribution is 0.209. The van der Waals surface area contributed by atoms with Crippen molar-refractivity contribution in [2.24, 2.45) is 10.9 Å². The van der Waals surface area contributed by atoms with Crippen molar-refractivity contribution < 1.29 is 9.13 Å². The first kappa shape index (κ1) is 18.0. The Labute approximate surface area is 154 Å². The van der Waals surface area contributed by atoms with E-state index in [1.165, 1.54) is 22.7 Å². The molecule has 3 heterocycles. The second-order valence-corrected chi connectivity index (χ2v) is 5.80. The first-order chi connectivity index (χ1) is 12.9. The van der Waals surface area contributed by atoms with Gasteiger partial charge in [-0.1, -0.05) is 0 Å². The maximum Gasteiger partial charge on any atom is 0.201 e. The number of hydrogen-bond acceptors (Lipinski definition) is 7. The third-order valence-corrected chi connectivity index (χ3v) is 3.91. The third kappa shape index (κ3) is 3.46. The molecular formula is C18H16FN7O. The second-order valence-electron chi connectivity index (χ2n) is 5.80. The molecule has 1 unspecified atom stereocenters. The SMILES string of the molecule is CC(=N)/C(=N\N)c1cc(OC(C)c2ccc(F)cn2)n2c(C#N)cnc2c1. The second kappa shape index (κ2) is 7.21. The molecule has 0 bridgehead atoms. The number of imidazole rings is 1. The number of nitrogens with zero attached hydrogens (tertiary/aromatic N) is 5. The van der Waals surface area contributed by atoms with Gasteiger partial charge in [0.1, 0.15) is 35.0 Å². The zero-order chi connectivity index (χ0) is 19.6. The monoisotopic (exact) mass is 365 g/mol. The van der Waals surface area contributed by atoms with Crippen molar-refractivity contribution in [2.45, 2.75) is 20.0 Å². The highest BCUT2D eigenvalue weighted by molar-refractivity contribution is 6.46. The number of rotatable bonds is 5. The van der Waals surface area contributed by atoms with Gasteiger partial charge in [-0.2, -0.15) is 10.4 Å². The Morgan fingerprint density at radius 1 is 1.37 bits per heavy atom. The van der Waals surface area contributed by atoms with Crippen LogP contribution in [0.1, 0.15) is 36.9 Å². The Morgan fingerprint density at radius 3 is 2.74 bits per heavy atom. The molecule has 3 N–H and O–H groups in total. The zero-order valence-corrected chi connectivity index (χ0v) is 14.6. The number of halogens is 1.